The molecule has 2 rings (SSSR count). The topological polar surface area (TPSA) is 17.3 Å². The molecule has 0 aliphatic carbocycles. The van der Waals surface area contributed by atoms with Gasteiger partial charge in [0.2, 0.25) is 0 Å². The zero-order valence-corrected chi connectivity index (χ0v) is 8.72. The largest absolute Gasteiger partial charge is 0.290 e. The van der Waals surface area contributed by atoms with Crippen LogP contribution in [0.4, 0.5) is 0 Å². The first-order valence-corrected chi connectivity index (χ1v) is 4.65. The normalized spacial score (nSPS) is 10.9. The number of fused-ring (bicyclic) bond motifs is 1. The van der Waals surface area contributed by atoms with Crippen LogP contribution in [0, 0.1) is 6.92 Å². The van der Waals surface area contributed by atoms with Gasteiger partial charge in [-0.25, -0.2) is 4.98 Å². The van der Waals surface area contributed by atoms with Crippen LogP contribution in [0.2, 0.25) is 5.02 Å². The first kappa shape index (κ1) is 8.08. The minimum atomic E-state index is 0.673. The number of pyridine rings is 1. The van der Waals surface area contributed by atoms with E-state index < -0.39 is 0 Å². The molecule has 0 aromatic carbocycles. The van der Waals surface area contributed by atoms with Crippen molar-refractivity contribution in [3.8, 4) is 0 Å². The number of hydrogen-bond acceptors (Lipinski definition) is 1. The van der Waals surface area contributed by atoms with Gasteiger partial charge in [0, 0.05) is 5.69 Å². The quantitative estimate of drug-likeness (QED) is 0.697. The zero-order chi connectivity index (χ0) is 8.72. The molecule has 12 heavy (non-hydrogen) atoms. The maximum absolute atomic E-state index is 5.94. The summed E-state index contributed by atoms with van der Waals surface area (Å²) in [6.45, 7) is 2.01. The lowest BCUT2D eigenvalue weighted by Crippen LogP contribution is -1.90. The Morgan fingerprint density at radius 1 is 1.50 bits per heavy atom. The Kier molecular flexibility index (Phi) is 1.85. The summed E-state index contributed by atoms with van der Waals surface area (Å²) in [7, 11) is 0. The van der Waals surface area contributed by atoms with Gasteiger partial charge in [-0.3, -0.25) is 4.40 Å². The molecule has 62 valence electrons. The molecule has 0 atom stereocenters. The minimum Gasteiger partial charge on any atom is -0.290 e. The van der Waals surface area contributed by atoms with Crippen molar-refractivity contribution >= 4 is 33.2 Å². The summed E-state index contributed by atoms with van der Waals surface area (Å²) in [6, 6.07) is 3.81. The van der Waals surface area contributed by atoms with Gasteiger partial charge in [0.15, 0.2) is 5.65 Å². The fourth-order valence-electron chi connectivity index (χ4n) is 1.18. The van der Waals surface area contributed by atoms with Crippen molar-refractivity contribution in [1.82, 2.24) is 9.38 Å². The second kappa shape index (κ2) is 2.75. The Bertz CT molecular complexity index is 436. The molecule has 0 fully saturated rings. The Hall–Kier alpha value is -0.540. The van der Waals surface area contributed by atoms with E-state index in [0.717, 1.165) is 15.9 Å². The molecule has 0 bridgehead atoms. The van der Waals surface area contributed by atoms with Crippen molar-refractivity contribution in [2.75, 3.05) is 0 Å². The Morgan fingerprint density at radius 3 is 2.92 bits per heavy atom. The lowest BCUT2D eigenvalue weighted by molar-refractivity contribution is 1.07. The number of imidazole rings is 1. The molecule has 0 spiro atoms. The molecular weight excluding hydrogens is 239 g/mol. The second-order valence-corrected chi connectivity index (χ2v) is 3.78. The molecule has 0 saturated carbocycles. The number of rotatable bonds is 0. The van der Waals surface area contributed by atoms with Gasteiger partial charge < -0.3 is 0 Å². The standard InChI is InChI=1S/C8H6BrClN2/c1-5-2-3-6(10)8-11-4-7(9)12(5)8/h2-4H,1H3. The lowest BCUT2D eigenvalue weighted by atomic mass is 10.4. The van der Waals surface area contributed by atoms with E-state index in [0.29, 0.717) is 5.02 Å². The fourth-order valence-corrected chi connectivity index (χ4v) is 1.92. The Labute approximate surface area is 83.3 Å². The molecule has 2 heterocycles. The van der Waals surface area contributed by atoms with Crippen LogP contribution >= 0.6 is 27.5 Å². The highest BCUT2D eigenvalue weighted by Gasteiger charge is 2.05. The van der Waals surface area contributed by atoms with E-state index in [4.69, 9.17) is 11.6 Å². The van der Waals surface area contributed by atoms with E-state index in [2.05, 4.69) is 20.9 Å². The molecule has 2 nitrogen and oxygen atoms in total. The van der Waals surface area contributed by atoms with Crippen molar-refractivity contribution in [2.24, 2.45) is 0 Å². The predicted octanol–water partition coefficient (Wildman–Crippen LogP) is 3.06. The van der Waals surface area contributed by atoms with Crippen LogP contribution in [0.15, 0.2) is 22.9 Å². The average molecular weight is 246 g/mol. The van der Waals surface area contributed by atoms with Crippen LogP contribution in [0.3, 0.4) is 0 Å². The van der Waals surface area contributed by atoms with Crippen LogP contribution in [0.25, 0.3) is 5.65 Å². The fraction of sp³-hybridized carbons (Fsp3) is 0.125. The highest BCUT2D eigenvalue weighted by atomic mass is 79.9. The minimum absolute atomic E-state index is 0.673. The van der Waals surface area contributed by atoms with E-state index in [1.165, 1.54) is 0 Å². The molecule has 0 aliphatic heterocycles. The maximum Gasteiger partial charge on any atom is 0.156 e. The molecule has 0 saturated heterocycles. The number of aromatic nitrogens is 2. The van der Waals surface area contributed by atoms with Gasteiger partial charge in [0.05, 0.1) is 11.2 Å². The van der Waals surface area contributed by atoms with Crippen molar-refractivity contribution in [3.63, 3.8) is 0 Å². The van der Waals surface area contributed by atoms with Gasteiger partial charge in [-0.1, -0.05) is 11.6 Å². The third-order valence-corrected chi connectivity index (χ3v) is 2.61. The molecule has 4 heteroatoms. The summed E-state index contributed by atoms with van der Waals surface area (Å²) in [5.41, 5.74) is 1.90. The molecule has 0 N–H and O–H groups in total. The zero-order valence-electron chi connectivity index (χ0n) is 6.38. The van der Waals surface area contributed by atoms with Gasteiger partial charge in [-0.05, 0) is 35.0 Å². The highest BCUT2D eigenvalue weighted by Crippen LogP contribution is 2.21. The monoisotopic (exact) mass is 244 g/mol. The number of aryl methyl sites for hydroxylation is 1. The number of nitrogens with zero attached hydrogens (tertiary/aromatic N) is 2. The average Bonchev–Trinajstić information content (AvgIpc) is 2.42. The molecular formula is C8H6BrClN2. The Balaban J connectivity index is 2.98. The SMILES string of the molecule is Cc1ccc(Cl)c2ncc(Br)n12. The van der Waals surface area contributed by atoms with Crippen LogP contribution in [0.5, 0.6) is 0 Å². The molecule has 0 radical (unpaired) electrons. The highest BCUT2D eigenvalue weighted by molar-refractivity contribution is 9.10. The summed E-state index contributed by atoms with van der Waals surface area (Å²) in [5.74, 6) is 0. The molecule has 0 unspecified atom stereocenters. The van der Waals surface area contributed by atoms with E-state index in [9.17, 15) is 0 Å². The van der Waals surface area contributed by atoms with Crippen LogP contribution in [0.1, 0.15) is 5.69 Å². The summed E-state index contributed by atoms with van der Waals surface area (Å²) in [6.07, 6.45) is 1.74. The molecule has 0 amide bonds. The van der Waals surface area contributed by atoms with E-state index in [1.807, 2.05) is 23.5 Å². The lowest BCUT2D eigenvalue weighted by Gasteiger charge is -2.01. The summed E-state index contributed by atoms with van der Waals surface area (Å²) in [5, 5.41) is 0.673. The third-order valence-electron chi connectivity index (χ3n) is 1.76. The van der Waals surface area contributed by atoms with E-state index in [1.54, 1.807) is 6.20 Å². The van der Waals surface area contributed by atoms with Crippen molar-refractivity contribution < 1.29 is 0 Å². The van der Waals surface area contributed by atoms with Gasteiger partial charge in [0.1, 0.15) is 4.60 Å². The van der Waals surface area contributed by atoms with Gasteiger partial charge >= 0.3 is 0 Å². The van der Waals surface area contributed by atoms with Crippen LogP contribution in [-0.4, -0.2) is 9.38 Å². The van der Waals surface area contributed by atoms with Gasteiger partial charge in [-0.2, -0.15) is 0 Å². The van der Waals surface area contributed by atoms with Crippen molar-refractivity contribution in [3.05, 3.63) is 33.6 Å². The summed E-state index contributed by atoms with van der Waals surface area (Å²) < 4.78 is 2.89. The summed E-state index contributed by atoms with van der Waals surface area (Å²) in [4.78, 5) is 4.16. The summed E-state index contributed by atoms with van der Waals surface area (Å²) >= 11 is 9.33. The molecule has 0 aliphatic rings. The van der Waals surface area contributed by atoms with Crippen LogP contribution < -0.4 is 0 Å². The molecule has 2 aromatic rings. The van der Waals surface area contributed by atoms with E-state index >= 15 is 0 Å². The number of hydrogen-bond donors (Lipinski definition) is 0. The van der Waals surface area contributed by atoms with Crippen LogP contribution in [-0.2, 0) is 0 Å². The van der Waals surface area contributed by atoms with Crippen molar-refractivity contribution in [2.45, 2.75) is 6.92 Å². The maximum atomic E-state index is 5.94. The first-order chi connectivity index (χ1) is 5.70. The smallest absolute Gasteiger partial charge is 0.156 e. The first-order valence-electron chi connectivity index (χ1n) is 3.48. The molecule has 2 aromatic heterocycles. The predicted molar refractivity (Wildman–Crippen MR) is 52.6 cm³/mol. The number of halogens is 2. The second-order valence-electron chi connectivity index (χ2n) is 2.56. The van der Waals surface area contributed by atoms with Crippen molar-refractivity contribution in [1.29, 1.82) is 0 Å². The third kappa shape index (κ3) is 1.04. The van der Waals surface area contributed by atoms with E-state index in [-0.39, 0.29) is 0 Å². The Morgan fingerprint density at radius 2 is 2.25 bits per heavy atom. The van der Waals surface area contributed by atoms with Gasteiger partial charge in [-0.15, -0.1) is 0 Å². The van der Waals surface area contributed by atoms with Gasteiger partial charge in [0.25, 0.3) is 0 Å².